The maximum atomic E-state index is 12.4. The van der Waals surface area contributed by atoms with Crippen LogP contribution in [0.2, 0.25) is 10.4 Å². The second-order valence-electron chi connectivity index (χ2n) is 7.43. The predicted octanol–water partition coefficient (Wildman–Crippen LogP) is 5.64. The maximum absolute atomic E-state index is 12.4. The summed E-state index contributed by atoms with van der Waals surface area (Å²) in [5.41, 5.74) is 2.96. The van der Waals surface area contributed by atoms with E-state index >= 15 is 0 Å². The normalized spacial score (nSPS) is 16.5. The van der Waals surface area contributed by atoms with Crippen molar-refractivity contribution in [2.45, 2.75) is 25.4 Å². The zero-order valence-corrected chi connectivity index (χ0v) is 19.7. The summed E-state index contributed by atoms with van der Waals surface area (Å²) < 4.78 is 16.4. The minimum absolute atomic E-state index is 0.0251. The SMILES string of the molecule is O=C(CCc1oc(Cl)nc1-c1ccc(Cl)cc1)Nc1ccc(C[PH]2(O)OCCCO2)cc1. The Kier molecular flexibility index (Phi) is 7.46. The van der Waals surface area contributed by atoms with Crippen LogP contribution in [0.5, 0.6) is 0 Å². The number of carbonyl (C=O) groups is 1. The summed E-state index contributed by atoms with van der Waals surface area (Å²) in [6.07, 6.45) is 1.68. The van der Waals surface area contributed by atoms with Crippen molar-refractivity contribution in [3.05, 3.63) is 70.2 Å². The van der Waals surface area contributed by atoms with Gasteiger partial charge in [-0.2, -0.15) is 0 Å². The molecule has 32 heavy (non-hydrogen) atoms. The quantitative estimate of drug-likeness (QED) is 0.410. The van der Waals surface area contributed by atoms with Gasteiger partial charge in [-0.15, -0.1) is 0 Å². The second kappa shape index (κ2) is 10.3. The van der Waals surface area contributed by atoms with Gasteiger partial charge in [-0.25, -0.2) is 0 Å². The molecule has 7 nitrogen and oxygen atoms in total. The Balaban J connectivity index is 1.33. The number of hydrogen-bond acceptors (Lipinski definition) is 6. The molecule has 1 aromatic heterocycles. The molecule has 0 saturated carbocycles. The summed E-state index contributed by atoms with van der Waals surface area (Å²) >= 11 is 11.9. The molecule has 0 atom stereocenters. The standard InChI is InChI=1S/C22H23Cl2N2O5P/c23-17-6-4-16(5-7-17)21-19(31-22(24)26-21)10-11-20(27)25-18-8-2-15(3-9-18)14-32(28)29-12-1-13-30-32/h2-9,28,32H,1,10-14H2,(H,25,27). The van der Waals surface area contributed by atoms with Crippen LogP contribution in [0.25, 0.3) is 11.3 Å². The summed E-state index contributed by atoms with van der Waals surface area (Å²) in [5.74, 6) is 0.368. The first kappa shape index (κ1) is 23.2. The van der Waals surface area contributed by atoms with Crippen LogP contribution in [0.15, 0.2) is 52.9 Å². The van der Waals surface area contributed by atoms with Crippen molar-refractivity contribution in [1.29, 1.82) is 0 Å². The molecule has 2 heterocycles. The number of oxazole rings is 1. The Bertz CT molecular complexity index is 1070. The fourth-order valence-electron chi connectivity index (χ4n) is 3.41. The zero-order chi connectivity index (χ0) is 22.6. The van der Waals surface area contributed by atoms with Gasteiger partial charge < -0.3 is 0 Å². The number of rotatable bonds is 7. The molecule has 1 aliphatic rings. The van der Waals surface area contributed by atoms with Gasteiger partial charge in [-0.1, -0.05) is 23.7 Å². The van der Waals surface area contributed by atoms with Crippen molar-refractivity contribution >= 4 is 42.7 Å². The van der Waals surface area contributed by atoms with Crippen LogP contribution in [0.3, 0.4) is 0 Å². The predicted molar refractivity (Wildman–Crippen MR) is 126 cm³/mol. The number of hydrogen-bond donors (Lipinski definition) is 2. The van der Waals surface area contributed by atoms with Crippen LogP contribution in [0.4, 0.5) is 5.69 Å². The first-order valence-electron chi connectivity index (χ1n) is 10.2. The van der Waals surface area contributed by atoms with E-state index in [2.05, 4.69) is 10.3 Å². The molecule has 0 aliphatic carbocycles. The van der Waals surface area contributed by atoms with Crippen LogP contribution in [-0.4, -0.2) is 29.0 Å². The molecule has 1 saturated heterocycles. The van der Waals surface area contributed by atoms with Crippen LogP contribution < -0.4 is 5.32 Å². The molecule has 1 amide bonds. The molecule has 0 radical (unpaired) electrons. The molecule has 10 heteroatoms. The molecule has 0 spiro atoms. The van der Waals surface area contributed by atoms with Gasteiger partial charge in [0.25, 0.3) is 0 Å². The summed E-state index contributed by atoms with van der Waals surface area (Å²) in [4.78, 5) is 27.1. The van der Waals surface area contributed by atoms with Crippen molar-refractivity contribution in [3.8, 4) is 11.3 Å². The Morgan fingerprint density at radius 2 is 1.75 bits per heavy atom. The molecule has 170 valence electrons. The van der Waals surface area contributed by atoms with Gasteiger partial charge in [0, 0.05) is 5.02 Å². The van der Waals surface area contributed by atoms with E-state index in [0.29, 0.717) is 48.0 Å². The van der Waals surface area contributed by atoms with Crippen molar-refractivity contribution in [3.63, 3.8) is 0 Å². The molecule has 0 bridgehead atoms. The Morgan fingerprint density at radius 3 is 2.44 bits per heavy atom. The summed E-state index contributed by atoms with van der Waals surface area (Å²) in [7, 11) is -3.13. The average Bonchev–Trinajstić information content (AvgIpc) is 3.15. The van der Waals surface area contributed by atoms with E-state index in [-0.39, 0.29) is 17.7 Å². The third kappa shape index (κ3) is 6.07. The third-order valence-electron chi connectivity index (χ3n) is 4.98. The van der Waals surface area contributed by atoms with Crippen molar-refractivity contribution in [2.75, 3.05) is 18.5 Å². The van der Waals surface area contributed by atoms with Gasteiger partial charge in [0.05, 0.1) is 0 Å². The van der Waals surface area contributed by atoms with Gasteiger partial charge in [-0.05, 0) is 23.7 Å². The van der Waals surface area contributed by atoms with Crippen LogP contribution >= 0.6 is 31.1 Å². The molecule has 1 fully saturated rings. The molecular formula is C22H23Cl2N2O5P. The zero-order valence-electron chi connectivity index (χ0n) is 17.1. The summed E-state index contributed by atoms with van der Waals surface area (Å²) in [5, 5.41) is 3.50. The summed E-state index contributed by atoms with van der Waals surface area (Å²) in [6.45, 7) is 1.04. The Labute approximate surface area is 196 Å². The number of carbonyl (C=O) groups excluding carboxylic acids is 1. The molecular weight excluding hydrogens is 474 g/mol. The Morgan fingerprint density at radius 1 is 1.06 bits per heavy atom. The van der Waals surface area contributed by atoms with E-state index < -0.39 is 7.94 Å². The number of amides is 1. The van der Waals surface area contributed by atoms with Crippen molar-refractivity contribution < 1.29 is 23.2 Å². The van der Waals surface area contributed by atoms with Gasteiger partial charge in [0.2, 0.25) is 0 Å². The second-order valence-corrected chi connectivity index (χ2v) is 10.5. The fourth-order valence-corrected chi connectivity index (χ4v) is 5.68. The van der Waals surface area contributed by atoms with Gasteiger partial charge >= 0.3 is 144 Å². The van der Waals surface area contributed by atoms with Crippen LogP contribution in [-0.2, 0) is 26.4 Å². The topological polar surface area (TPSA) is 93.8 Å². The van der Waals surface area contributed by atoms with Gasteiger partial charge in [0.15, 0.2) is 0 Å². The fraction of sp³-hybridized carbons (Fsp3) is 0.273. The van der Waals surface area contributed by atoms with E-state index in [1.807, 2.05) is 24.3 Å². The summed E-state index contributed by atoms with van der Waals surface area (Å²) in [6, 6.07) is 14.4. The number of nitrogens with one attached hydrogen (secondary N) is 1. The van der Waals surface area contributed by atoms with Gasteiger partial charge in [0.1, 0.15) is 0 Å². The molecule has 1 aliphatic heterocycles. The van der Waals surface area contributed by atoms with E-state index in [1.165, 1.54) is 0 Å². The average molecular weight is 497 g/mol. The van der Waals surface area contributed by atoms with Crippen LogP contribution in [0, 0.1) is 0 Å². The van der Waals surface area contributed by atoms with Gasteiger partial charge in [-0.3, -0.25) is 0 Å². The Hall–Kier alpha value is -1.99. The van der Waals surface area contributed by atoms with E-state index in [0.717, 1.165) is 17.5 Å². The van der Waals surface area contributed by atoms with Crippen LogP contribution in [0.1, 0.15) is 24.2 Å². The number of halogens is 2. The number of aromatic nitrogens is 1. The minimum atomic E-state index is -3.13. The van der Waals surface area contributed by atoms with Crippen molar-refractivity contribution in [1.82, 2.24) is 4.98 Å². The first-order chi connectivity index (χ1) is 15.4. The molecule has 0 unspecified atom stereocenters. The number of benzene rings is 2. The van der Waals surface area contributed by atoms with Crippen molar-refractivity contribution in [2.24, 2.45) is 0 Å². The first-order valence-corrected chi connectivity index (χ1v) is 12.9. The van der Waals surface area contributed by atoms with E-state index in [4.69, 9.17) is 36.7 Å². The molecule has 2 aromatic carbocycles. The monoisotopic (exact) mass is 496 g/mol. The third-order valence-corrected chi connectivity index (χ3v) is 7.56. The van der Waals surface area contributed by atoms with E-state index in [1.54, 1.807) is 24.3 Å². The van der Waals surface area contributed by atoms with E-state index in [9.17, 15) is 9.69 Å². The number of aryl methyl sites for hydroxylation is 1. The molecule has 4 rings (SSSR count). The molecule has 3 aromatic rings. The number of nitrogens with zero attached hydrogens (tertiary/aromatic N) is 1. The number of anilines is 1. The molecule has 2 N–H and O–H groups in total.